The minimum atomic E-state index is -4.33. The van der Waals surface area contributed by atoms with Crippen LogP contribution in [0.5, 0.6) is 0 Å². The van der Waals surface area contributed by atoms with Crippen molar-refractivity contribution >= 4 is 0 Å². The lowest BCUT2D eigenvalue weighted by Crippen LogP contribution is -2.32. The molecule has 15 heavy (non-hydrogen) atoms. The highest BCUT2D eigenvalue weighted by molar-refractivity contribution is 4.99. The summed E-state index contributed by atoms with van der Waals surface area (Å²) in [4.78, 5) is 3.62. The van der Waals surface area contributed by atoms with E-state index in [2.05, 4.69) is 14.7 Å². The van der Waals surface area contributed by atoms with E-state index in [9.17, 15) is 13.2 Å². The molecule has 4 nitrogen and oxygen atoms in total. The van der Waals surface area contributed by atoms with Crippen molar-refractivity contribution in [2.45, 2.75) is 38.4 Å². The molecule has 0 aliphatic rings. The van der Waals surface area contributed by atoms with E-state index < -0.39 is 18.1 Å². The van der Waals surface area contributed by atoms with Crippen molar-refractivity contribution in [2.75, 3.05) is 0 Å². The summed E-state index contributed by atoms with van der Waals surface area (Å²) >= 11 is 0. The highest BCUT2D eigenvalue weighted by atomic mass is 19.4. The maximum atomic E-state index is 12.0. The zero-order valence-corrected chi connectivity index (χ0v) is 8.43. The molecule has 0 saturated heterocycles. The van der Waals surface area contributed by atoms with E-state index in [1.54, 1.807) is 13.8 Å². The Morgan fingerprint density at radius 3 is 2.47 bits per heavy atom. The van der Waals surface area contributed by atoms with Gasteiger partial charge in [0, 0.05) is 0 Å². The lowest BCUT2D eigenvalue weighted by molar-refractivity contribution is -0.128. The van der Waals surface area contributed by atoms with Gasteiger partial charge in [-0.3, -0.25) is 0 Å². The molecule has 0 amide bonds. The van der Waals surface area contributed by atoms with E-state index in [1.807, 2.05) is 0 Å². The first kappa shape index (κ1) is 12.0. The highest BCUT2D eigenvalue weighted by Gasteiger charge is 2.32. The molecule has 0 spiro atoms. The van der Waals surface area contributed by atoms with Gasteiger partial charge in [0.15, 0.2) is 5.82 Å². The van der Waals surface area contributed by atoms with Crippen LogP contribution in [0.25, 0.3) is 0 Å². The number of halogens is 3. The van der Waals surface area contributed by atoms with Crippen LogP contribution in [0.4, 0.5) is 13.2 Å². The summed E-state index contributed by atoms with van der Waals surface area (Å²) in [6, 6.07) is 0. The van der Waals surface area contributed by atoms with Crippen LogP contribution in [0.2, 0.25) is 0 Å². The summed E-state index contributed by atoms with van der Waals surface area (Å²) in [7, 11) is 0. The Hall–Kier alpha value is -1.11. The van der Waals surface area contributed by atoms with Gasteiger partial charge in [0.25, 0.3) is 0 Å². The highest BCUT2D eigenvalue weighted by Crippen LogP contribution is 2.23. The molecule has 1 unspecified atom stereocenters. The van der Waals surface area contributed by atoms with Crippen molar-refractivity contribution in [2.24, 2.45) is 5.73 Å². The van der Waals surface area contributed by atoms with Gasteiger partial charge in [-0.2, -0.15) is 18.2 Å². The first-order chi connectivity index (χ1) is 6.74. The maximum absolute atomic E-state index is 12.0. The Kier molecular flexibility index (Phi) is 3.03. The third-order valence-corrected chi connectivity index (χ3v) is 2.05. The Morgan fingerprint density at radius 2 is 2.00 bits per heavy atom. The Balaban J connectivity index is 2.81. The summed E-state index contributed by atoms with van der Waals surface area (Å²) in [6.45, 7) is 3.41. The van der Waals surface area contributed by atoms with E-state index >= 15 is 0 Å². The monoisotopic (exact) mass is 223 g/mol. The van der Waals surface area contributed by atoms with Crippen LogP contribution in [0.1, 0.15) is 32.0 Å². The quantitative estimate of drug-likeness (QED) is 0.847. The number of hydrogen-bond acceptors (Lipinski definition) is 4. The first-order valence-corrected chi connectivity index (χ1v) is 4.43. The third-order valence-electron chi connectivity index (χ3n) is 2.05. The number of aromatic nitrogens is 2. The predicted molar refractivity (Wildman–Crippen MR) is 45.9 cm³/mol. The Labute approximate surface area is 84.6 Å². The van der Waals surface area contributed by atoms with E-state index in [-0.39, 0.29) is 11.7 Å². The lowest BCUT2D eigenvalue weighted by atomic mass is 10.0. The number of nitrogens with two attached hydrogens (primary N) is 1. The average molecular weight is 223 g/mol. The molecule has 2 N–H and O–H groups in total. The maximum Gasteiger partial charge on any atom is 0.396 e. The molecule has 1 rings (SSSR count). The Morgan fingerprint density at radius 1 is 1.40 bits per heavy atom. The van der Waals surface area contributed by atoms with Gasteiger partial charge in [0.2, 0.25) is 5.89 Å². The number of alkyl halides is 3. The molecule has 0 aliphatic carbocycles. The van der Waals surface area contributed by atoms with Crippen LogP contribution >= 0.6 is 0 Å². The van der Waals surface area contributed by atoms with Crippen molar-refractivity contribution in [3.8, 4) is 0 Å². The summed E-state index contributed by atoms with van der Waals surface area (Å²) in [6.07, 6.45) is -5.03. The number of rotatable bonds is 3. The third kappa shape index (κ3) is 3.19. The van der Waals surface area contributed by atoms with Crippen LogP contribution in [0.15, 0.2) is 4.52 Å². The normalized spacial score (nSPS) is 16.4. The van der Waals surface area contributed by atoms with Gasteiger partial charge >= 0.3 is 6.18 Å². The number of nitrogens with zero attached hydrogens (tertiary/aromatic N) is 2. The first-order valence-electron chi connectivity index (χ1n) is 4.43. The van der Waals surface area contributed by atoms with Gasteiger partial charge in [-0.05, 0) is 13.3 Å². The van der Waals surface area contributed by atoms with Crippen LogP contribution in [0.3, 0.4) is 0 Å². The summed E-state index contributed by atoms with van der Waals surface area (Å²) in [5.41, 5.74) is 4.86. The molecule has 1 atom stereocenters. The van der Waals surface area contributed by atoms with Crippen molar-refractivity contribution in [3.63, 3.8) is 0 Å². The summed E-state index contributed by atoms with van der Waals surface area (Å²) in [5.74, 6) is -0.355. The van der Waals surface area contributed by atoms with Crippen LogP contribution < -0.4 is 5.73 Å². The van der Waals surface area contributed by atoms with Gasteiger partial charge in [-0.25, -0.2) is 0 Å². The van der Waals surface area contributed by atoms with E-state index in [1.165, 1.54) is 0 Å². The standard InChI is InChI=1S/C8H12F3N3O/c1-3-7(2,12)6-13-5(14-15-6)4-8(9,10)11/h3-4,12H2,1-2H3. The van der Waals surface area contributed by atoms with Gasteiger partial charge in [0.1, 0.15) is 6.42 Å². The minimum Gasteiger partial charge on any atom is -0.337 e. The molecule has 86 valence electrons. The molecule has 0 radical (unpaired) electrons. The van der Waals surface area contributed by atoms with E-state index in [0.717, 1.165) is 0 Å². The SMILES string of the molecule is CCC(C)(N)c1nc(CC(F)(F)F)no1. The topological polar surface area (TPSA) is 64.9 Å². The molecular weight excluding hydrogens is 211 g/mol. The minimum absolute atomic E-state index is 0.0317. The van der Waals surface area contributed by atoms with Crippen LogP contribution in [-0.2, 0) is 12.0 Å². The molecule has 0 fully saturated rings. The molecule has 1 aromatic heterocycles. The largest absolute Gasteiger partial charge is 0.396 e. The fourth-order valence-electron chi connectivity index (χ4n) is 0.888. The van der Waals surface area contributed by atoms with Crippen molar-refractivity contribution in [1.29, 1.82) is 0 Å². The molecule has 0 aliphatic heterocycles. The second kappa shape index (κ2) is 3.80. The van der Waals surface area contributed by atoms with Gasteiger partial charge in [-0.1, -0.05) is 12.1 Å². The molecule has 7 heteroatoms. The Bertz CT molecular complexity index is 332. The molecule has 0 aromatic carbocycles. The number of hydrogen-bond donors (Lipinski definition) is 1. The van der Waals surface area contributed by atoms with Crippen LogP contribution in [0, 0.1) is 0 Å². The smallest absolute Gasteiger partial charge is 0.337 e. The molecular formula is C8H12F3N3O. The van der Waals surface area contributed by atoms with Gasteiger partial charge in [0.05, 0.1) is 5.54 Å². The van der Waals surface area contributed by atoms with Crippen molar-refractivity contribution in [3.05, 3.63) is 11.7 Å². The fourth-order valence-corrected chi connectivity index (χ4v) is 0.888. The molecule has 0 bridgehead atoms. The van der Waals surface area contributed by atoms with Crippen molar-refractivity contribution in [1.82, 2.24) is 10.1 Å². The fraction of sp³-hybridized carbons (Fsp3) is 0.750. The molecule has 1 aromatic rings. The summed E-state index contributed by atoms with van der Waals surface area (Å²) < 4.78 is 40.6. The predicted octanol–water partition coefficient (Wildman–Crippen LogP) is 1.76. The lowest BCUT2D eigenvalue weighted by Gasteiger charge is -2.16. The summed E-state index contributed by atoms with van der Waals surface area (Å²) in [5, 5.41) is 3.23. The van der Waals surface area contributed by atoms with Crippen LogP contribution in [-0.4, -0.2) is 16.3 Å². The zero-order valence-electron chi connectivity index (χ0n) is 8.43. The van der Waals surface area contributed by atoms with Gasteiger partial charge in [-0.15, -0.1) is 0 Å². The van der Waals surface area contributed by atoms with E-state index in [0.29, 0.717) is 6.42 Å². The second-order valence-electron chi connectivity index (χ2n) is 3.58. The zero-order chi connectivity index (χ0) is 11.7. The molecule has 1 heterocycles. The van der Waals surface area contributed by atoms with Crippen molar-refractivity contribution < 1.29 is 17.7 Å². The molecule has 0 saturated carbocycles. The average Bonchev–Trinajstić information content (AvgIpc) is 2.50. The van der Waals surface area contributed by atoms with E-state index in [4.69, 9.17) is 5.73 Å². The van der Waals surface area contributed by atoms with Gasteiger partial charge < -0.3 is 10.3 Å². The second-order valence-corrected chi connectivity index (χ2v) is 3.58.